The first kappa shape index (κ1) is 19.2. The standard InChI is InChI=1S/C17H10F6N2OS/c18-16(19,20)11-5-3-10(4-6-11)14-24-12(9-27-14)8-25-7-1-2-13(15(25)26)17(21,22)23/h1-7,9H,8H2. The van der Waals surface area contributed by atoms with Gasteiger partial charge in [0.1, 0.15) is 10.6 Å². The molecule has 0 atom stereocenters. The molecule has 0 N–H and O–H groups in total. The molecule has 27 heavy (non-hydrogen) atoms. The maximum absolute atomic E-state index is 12.8. The van der Waals surface area contributed by atoms with E-state index in [9.17, 15) is 31.1 Å². The highest BCUT2D eigenvalue weighted by atomic mass is 32.1. The molecule has 10 heteroatoms. The molecular formula is C17H10F6N2OS. The number of rotatable bonds is 3. The summed E-state index contributed by atoms with van der Waals surface area (Å²) in [6, 6.07) is 6.20. The van der Waals surface area contributed by atoms with Crippen molar-refractivity contribution in [2.24, 2.45) is 0 Å². The van der Waals surface area contributed by atoms with Crippen LogP contribution in [0.15, 0.2) is 52.8 Å². The third kappa shape index (κ3) is 4.21. The predicted octanol–water partition coefficient (Wildman–Crippen LogP) is 5.06. The van der Waals surface area contributed by atoms with Crippen molar-refractivity contribution in [2.45, 2.75) is 18.9 Å². The molecular weight excluding hydrogens is 394 g/mol. The maximum atomic E-state index is 12.8. The molecule has 2 heterocycles. The Morgan fingerprint density at radius 2 is 1.63 bits per heavy atom. The van der Waals surface area contributed by atoms with Gasteiger partial charge in [-0.2, -0.15) is 26.3 Å². The summed E-state index contributed by atoms with van der Waals surface area (Å²) in [4.78, 5) is 16.1. The van der Waals surface area contributed by atoms with E-state index in [4.69, 9.17) is 0 Å². The van der Waals surface area contributed by atoms with Crippen LogP contribution < -0.4 is 5.56 Å². The van der Waals surface area contributed by atoms with Gasteiger partial charge >= 0.3 is 12.4 Å². The van der Waals surface area contributed by atoms with Gasteiger partial charge in [0, 0.05) is 17.1 Å². The summed E-state index contributed by atoms with van der Waals surface area (Å²) in [6.45, 7) is -0.181. The minimum Gasteiger partial charge on any atom is -0.309 e. The molecule has 0 fully saturated rings. The van der Waals surface area contributed by atoms with Gasteiger partial charge in [-0.05, 0) is 24.3 Å². The molecule has 0 aliphatic rings. The fourth-order valence-electron chi connectivity index (χ4n) is 2.37. The molecule has 3 rings (SSSR count). The average molecular weight is 404 g/mol. The van der Waals surface area contributed by atoms with Crippen LogP contribution in [-0.2, 0) is 18.9 Å². The lowest BCUT2D eigenvalue weighted by Gasteiger charge is -2.09. The third-order valence-electron chi connectivity index (χ3n) is 3.67. The number of alkyl halides is 6. The highest BCUT2D eigenvalue weighted by Crippen LogP contribution is 2.32. The number of thiazole rings is 1. The van der Waals surface area contributed by atoms with Gasteiger partial charge in [-0.3, -0.25) is 4.79 Å². The van der Waals surface area contributed by atoms with Crippen LogP contribution in [0, 0.1) is 0 Å². The number of aromatic nitrogens is 2. The van der Waals surface area contributed by atoms with Crippen molar-refractivity contribution in [3.05, 3.63) is 75.1 Å². The van der Waals surface area contributed by atoms with Crippen LogP contribution in [-0.4, -0.2) is 9.55 Å². The van der Waals surface area contributed by atoms with E-state index in [0.29, 0.717) is 22.3 Å². The first-order valence-electron chi connectivity index (χ1n) is 7.44. The molecule has 0 spiro atoms. The SMILES string of the molecule is O=c1c(C(F)(F)F)cccn1Cc1csc(-c2ccc(C(F)(F)F)cc2)n1. The second-order valence-corrected chi connectivity index (χ2v) is 6.43. The number of pyridine rings is 1. The van der Waals surface area contributed by atoms with E-state index in [-0.39, 0.29) is 6.54 Å². The van der Waals surface area contributed by atoms with Crippen molar-refractivity contribution < 1.29 is 26.3 Å². The number of halogens is 6. The average Bonchev–Trinajstić information content (AvgIpc) is 3.03. The van der Waals surface area contributed by atoms with Crippen LogP contribution in [0.5, 0.6) is 0 Å². The predicted molar refractivity (Wildman–Crippen MR) is 87.4 cm³/mol. The molecule has 0 aliphatic heterocycles. The number of hydrogen-bond donors (Lipinski definition) is 0. The second-order valence-electron chi connectivity index (χ2n) is 5.57. The number of hydrogen-bond acceptors (Lipinski definition) is 3. The Bertz CT molecular complexity index is 1000. The lowest BCUT2D eigenvalue weighted by atomic mass is 10.1. The zero-order valence-corrected chi connectivity index (χ0v) is 14.1. The van der Waals surface area contributed by atoms with Crippen LogP contribution in [0.2, 0.25) is 0 Å². The summed E-state index contributed by atoms with van der Waals surface area (Å²) >= 11 is 1.12. The van der Waals surface area contributed by atoms with Crippen molar-refractivity contribution in [3.8, 4) is 10.6 Å². The Morgan fingerprint density at radius 3 is 2.22 bits per heavy atom. The molecule has 0 bridgehead atoms. The monoisotopic (exact) mass is 404 g/mol. The molecule has 3 aromatic rings. The first-order valence-corrected chi connectivity index (χ1v) is 8.32. The van der Waals surface area contributed by atoms with Gasteiger partial charge in [0.2, 0.25) is 0 Å². The summed E-state index contributed by atoms with van der Waals surface area (Å²) in [5, 5.41) is 1.94. The van der Waals surface area contributed by atoms with E-state index in [0.717, 1.165) is 34.1 Å². The smallest absolute Gasteiger partial charge is 0.309 e. The van der Waals surface area contributed by atoms with E-state index >= 15 is 0 Å². The lowest BCUT2D eigenvalue weighted by molar-refractivity contribution is -0.139. The van der Waals surface area contributed by atoms with Gasteiger partial charge in [-0.25, -0.2) is 4.98 Å². The van der Waals surface area contributed by atoms with E-state index in [1.54, 1.807) is 5.38 Å². The molecule has 142 valence electrons. The Balaban J connectivity index is 1.84. The van der Waals surface area contributed by atoms with Crippen molar-refractivity contribution >= 4 is 11.3 Å². The quantitative estimate of drug-likeness (QED) is 0.572. The van der Waals surface area contributed by atoms with Crippen LogP contribution in [0.4, 0.5) is 26.3 Å². The Labute approximate surface area is 152 Å². The van der Waals surface area contributed by atoms with Crippen molar-refractivity contribution in [3.63, 3.8) is 0 Å². The molecule has 0 aliphatic carbocycles. The highest BCUT2D eigenvalue weighted by molar-refractivity contribution is 7.13. The summed E-state index contributed by atoms with van der Waals surface area (Å²) in [7, 11) is 0. The topological polar surface area (TPSA) is 34.9 Å². The van der Waals surface area contributed by atoms with E-state index < -0.39 is 29.0 Å². The van der Waals surface area contributed by atoms with Crippen LogP contribution in [0.3, 0.4) is 0 Å². The molecule has 0 amide bonds. The summed E-state index contributed by atoms with van der Waals surface area (Å²) in [6.07, 6.45) is -7.99. The third-order valence-corrected chi connectivity index (χ3v) is 4.61. The van der Waals surface area contributed by atoms with Crippen LogP contribution in [0.25, 0.3) is 10.6 Å². The van der Waals surface area contributed by atoms with Crippen LogP contribution in [0.1, 0.15) is 16.8 Å². The zero-order valence-electron chi connectivity index (χ0n) is 13.3. The highest BCUT2D eigenvalue weighted by Gasteiger charge is 2.34. The van der Waals surface area contributed by atoms with Crippen LogP contribution >= 0.6 is 11.3 Å². The van der Waals surface area contributed by atoms with E-state index in [2.05, 4.69) is 4.98 Å². The maximum Gasteiger partial charge on any atom is 0.421 e. The minimum absolute atomic E-state index is 0.181. The Kier molecular flexibility index (Phi) is 4.85. The fourth-order valence-corrected chi connectivity index (χ4v) is 3.18. The van der Waals surface area contributed by atoms with Gasteiger partial charge in [-0.15, -0.1) is 11.3 Å². The number of benzene rings is 1. The molecule has 0 radical (unpaired) electrons. The van der Waals surface area contributed by atoms with Crippen molar-refractivity contribution in [1.29, 1.82) is 0 Å². The largest absolute Gasteiger partial charge is 0.421 e. The molecule has 0 saturated heterocycles. The van der Waals surface area contributed by atoms with E-state index in [1.165, 1.54) is 18.3 Å². The summed E-state index contributed by atoms with van der Waals surface area (Å²) < 4.78 is 77.1. The lowest BCUT2D eigenvalue weighted by Crippen LogP contribution is -2.28. The summed E-state index contributed by atoms with van der Waals surface area (Å²) in [5.41, 5.74) is -2.48. The molecule has 2 aromatic heterocycles. The van der Waals surface area contributed by atoms with Crippen molar-refractivity contribution in [2.75, 3.05) is 0 Å². The Morgan fingerprint density at radius 1 is 0.963 bits per heavy atom. The van der Waals surface area contributed by atoms with Gasteiger partial charge in [0.15, 0.2) is 0 Å². The molecule has 0 unspecified atom stereocenters. The summed E-state index contributed by atoms with van der Waals surface area (Å²) in [5.74, 6) is 0. The van der Waals surface area contributed by atoms with Crippen molar-refractivity contribution in [1.82, 2.24) is 9.55 Å². The number of nitrogens with zero attached hydrogens (tertiary/aromatic N) is 2. The second kappa shape index (κ2) is 6.84. The van der Waals surface area contributed by atoms with Gasteiger partial charge in [0.25, 0.3) is 5.56 Å². The molecule has 3 nitrogen and oxygen atoms in total. The van der Waals surface area contributed by atoms with Gasteiger partial charge in [-0.1, -0.05) is 12.1 Å². The first-order chi connectivity index (χ1) is 12.6. The zero-order chi connectivity index (χ0) is 19.8. The normalized spacial score (nSPS) is 12.4. The van der Waals surface area contributed by atoms with Gasteiger partial charge in [0.05, 0.1) is 17.8 Å². The molecule has 0 saturated carbocycles. The fraction of sp³-hybridized carbons (Fsp3) is 0.176. The molecule has 1 aromatic carbocycles. The Hall–Kier alpha value is -2.62. The minimum atomic E-state index is -4.76. The van der Waals surface area contributed by atoms with E-state index in [1.807, 2.05) is 0 Å². The van der Waals surface area contributed by atoms with Gasteiger partial charge < -0.3 is 4.57 Å².